The number of hydrogen-bond acceptors (Lipinski definition) is 3. The first-order valence-corrected chi connectivity index (χ1v) is 6.80. The standard InChI is InChI=1S/C15H9ClFN3O3/c16-11-2-1-8(5-9(11)15(22)23)20-14(21)10-3-7(17)4-12-13(10)19-6-18-12/h1-6H,(H,18,19)(H,20,21)(H,22,23). The van der Waals surface area contributed by atoms with Gasteiger partial charge in [-0.05, 0) is 30.3 Å². The molecule has 0 saturated heterocycles. The summed E-state index contributed by atoms with van der Waals surface area (Å²) in [7, 11) is 0. The number of nitrogens with one attached hydrogen (secondary N) is 2. The average Bonchev–Trinajstić information content (AvgIpc) is 2.96. The van der Waals surface area contributed by atoms with Crippen LogP contribution in [0, 0.1) is 5.82 Å². The van der Waals surface area contributed by atoms with Crippen molar-refractivity contribution in [1.82, 2.24) is 9.97 Å². The maximum Gasteiger partial charge on any atom is 0.337 e. The Morgan fingerprint density at radius 1 is 1.22 bits per heavy atom. The third kappa shape index (κ3) is 2.86. The molecule has 0 bridgehead atoms. The van der Waals surface area contributed by atoms with Gasteiger partial charge in [0.2, 0.25) is 0 Å². The monoisotopic (exact) mass is 333 g/mol. The van der Waals surface area contributed by atoms with Crippen molar-refractivity contribution < 1.29 is 19.1 Å². The summed E-state index contributed by atoms with van der Waals surface area (Å²) in [5, 5.41) is 11.6. The molecule has 3 rings (SSSR count). The van der Waals surface area contributed by atoms with Gasteiger partial charge < -0.3 is 15.4 Å². The Morgan fingerprint density at radius 3 is 2.74 bits per heavy atom. The predicted molar refractivity (Wildman–Crippen MR) is 82.4 cm³/mol. The first kappa shape index (κ1) is 15.0. The zero-order valence-corrected chi connectivity index (χ0v) is 12.2. The smallest absolute Gasteiger partial charge is 0.337 e. The number of anilines is 1. The highest BCUT2D eigenvalue weighted by Gasteiger charge is 2.16. The first-order chi connectivity index (χ1) is 11.0. The summed E-state index contributed by atoms with van der Waals surface area (Å²) in [6.07, 6.45) is 1.35. The van der Waals surface area contributed by atoms with E-state index in [0.29, 0.717) is 11.0 Å². The topological polar surface area (TPSA) is 95.1 Å². The van der Waals surface area contributed by atoms with Crippen LogP contribution in [-0.4, -0.2) is 27.0 Å². The molecule has 0 aliphatic heterocycles. The van der Waals surface area contributed by atoms with E-state index in [2.05, 4.69) is 15.3 Å². The van der Waals surface area contributed by atoms with Crippen molar-refractivity contribution in [2.24, 2.45) is 0 Å². The number of fused-ring (bicyclic) bond motifs is 1. The number of aromatic carboxylic acids is 1. The maximum atomic E-state index is 13.6. The number of H-pyrrole nitrogens is 1. The van der Waals surface area contributed by atoms with Crippen molar-refractivity contribution in [2.75, 3.05) is 5.32 Å². The van der Waals surface area contributed by atoms with E-state index in [1.54, 1.807) is 0 Å². The van der Waals surface area contributed by atoms with E-state index in [0.717, 1.165) is 6.07 Å². The number of rotatable bonds is 3. The lowest BCUT2D eigenvalue weighted by atomic mass is 10.1. The summed E-state index contributed by atoms with van der Waals surface area (Å²) in [4.78, 5) is 30.1. The Bertz CT molecular complexity index is 939. The Balaban J connectivity index is 1.96. The van der Waals surface area contributed by atoms with Gasteiger partial charge in [0, 0.05) is 5.69 Å². The van der Waals surface area contributed by atoms with Crippen LogP contribution in [-0.2, 0) is 0 Å². The van der Waals surface area contributed by atoms with Crippen LogP contribution >= 0.6 is 11.6 Å². The largest absolute Gasteiger partial charge is 0.478 e. The van der Waals surface area contributed by atoms with Crippen LogP contribution in [0.1, 0.15) is 20.7 Å². The van der Waals surface area contributed by atoms with E-state index in [9.17, 15) is 14.0 Å². The van der Waals surface area contributed by atoms with Crippen molar-refractivity contribution in [2.45, 2.75) is 0 Å². The van der Waals surface area contributed by atoms with Gasteiger partial charge in [-0.3, -0.25) is 4.79 Å². The quantitative estimate of drug-likeness (QED) is 0.685. The normalized spacial score (nSPS) is 10.7. The molecule has 116 valence electrons. The molecule has 6 nitrogen and oxygen atoms in total. The highest BCUT2D eigenvalue weighted by Crippen LogP contribution is 2.23. The molecule has 3 N–H and O–H groups in total. The number of carbonyl (C=O) groups excluding carboxylic acids is 1. The van der Waals surface area contributed by atoms with Gasteiger partial charge in [-0.1, -0.05) is 11.6 Å². The third-order valence-corrected chi connectivity index (χ3v) is 3.52. The van der Waals surface area contributed by atoms with Crippen molar-refractivity contribution in [3.05, 3.63) is 58.6 Å². The summed E-state index contributed by atoms with van der Waals surface area (Å²) in [5.41, 5.74) is 0.820. The maximum absolute atomic E-state index is 13.6. The van der Waals surface area contributed by atoms with Gasteiger partial charge in [0.05, 0.1) is 28.0 Å². The molecule has 0 radical (unpaired) electrons. The fourth-order valence-electron chi connectivity index (χ4n) is 2.15. The van der Waals surface area contributed by atoms with Crippen molar-refractivity contribution in [3.8, 4) is 0 Å². The van der Waals surface area contributed by atoms with Gasteiger partial charge in [0.1, 0.15) is 11.3 Å². The summed E-state index contributed by atoms with van der Waals surface area (Å²) in [6.45, 7) is 0. The van der Waals surface area contributed by atoms with Crippen LogP contribution in [0.2, 0.25) is 5.02 Å². The molecule has 0 atom stereocenters. The van der Waals surface area contributed by atoms with Gasteiger partial charge in [-0.15, -0.1) is 0 Å². The molecule has 23 heavy (non-hydrogen) atoms. The summed E-state index contributed by atoms with van der Waals surface area (Å²) >= 11 is 5.77. The van der Waals surface area contributed by atoms with Gasteiger partial charge in [0.25, 0.3) is 5.91 Å². The van der Waals surface area contributed by atoms with Crippen molar-refractivity contribution in [3.63, 3.8) is 0 Å². The summed E-state index contributed by atoms with van der Waals surface area (Å²) < 4.78 is 13.6. The first-order valence-electron chi connectivity index (χ1n) is 6.42. The van der Waals surface area contributed by atoms with Crippen LogP contribution < -0.4 is 5.32 Å². The lowest BCUT2D eigenvalue weighted by molar-refractivity contribution is 0.0696. The molecular formula is C15H9ClFN3O3. The number of amides is 1. The van der Waals surface area contributed by atoms with E-state index in [-0.39, 0.29) is 21.8 Å². The van der Waals surface area contributed by atoms with Gasteiger partial charge in [0.15, 0.2) is 0 Å². The Labute approximate surface area is 133 Å². The molecule has 1 aromatic heterocycles. The van der Waals surface area contributed by atoms with Crippen molar-refractivity contribution in [1.29, 1.82) is 0 Å². The number of aromatic amines is 1. The molecule has 0 spiro atoms. The number of carboxylic acids is 1. The third-order valence-electron chi connectivity index (χ3n) is 3.19. The number of carboxylic acid groups (broad SMARTS) is 1. The number of hydrogen-bond donors (Lipinski definition) is 3. The minimum Gasteiger partial charge on any atom is -0.478 e. The minimum atomic E-state index is -1.22. The van der Waals surface area contributed by atoms with Gasteiger partial charge >= 0.3 is 5.97 Å². The zero-order valence-electron chi connectivity index (χ0n) is 11.4. The number of aromatic nitrogens is 2. The lowest BCUT2D eigenvalue weighted by Crippen LogP contribution is -2.13. The summed E-state index contributed by atoms with van der Waals surface area (Å²) in [5.74, 6) is -2.42. The summed E-state index contributed by atoms with van der Waals surface area (Å²) in [6, 6.07) is 6.32. The fourth-order valence-corrected chi connectivity index (χ4v) is 2.35. The number of halogens is 2. The van der Waals surface area contributed by atoms with Crippen LogP contribution in [0.25, 0.3) is 11.0 Å². The molecule has 0 fully saturated rings. The molecule has 3 aromatic rings. The van der Waals surface area contributed by atoms with Gasteiger partial charge in [-0.25, -0.2) is 14.2 Å². The number of imidazole rings is 1. The lowest BCUT2D eigenvalue weighted by Gasteiger charge is -2.08. The highest BCUT2D eigenvalue weighted by molar-refractivity contribution is 6.33. The highest BCUT2D eigenvalue weighted by atomic mass is 35.5. The number of nitrogens with zero attached hydrogens (tertiary/aromatic N) is 1. The second kappa shape index (κ2) is 5.69. The number of carbonyl (C=O) groups is 2. The Kier molecular flexibility index (Phi) is 3.71. The van der Waals surface area contributed by atoms with E-state index in [1.807, 2.05) is 0 Å². The van der Waals surface area contributed by atoms with Crippen molar-refractivity contribution >= 4 is 40.2 Å². The molecule has 1 amide bonds. The Hall–Kier alpha value is -2.93. The molecule has 0 aliphatic rings. The molecule has 0 aliphatic carbocycles. The number of benzene rings is 2. The fraction of sp³-hybridized carbons (Fsp3) is 0. The second-order valence-corrected chi connectivity index (χ2v) is 5.11. The van der Waals surface area contributed by atoms with Crippen LogP contribution in [0.15, 0.2) is 36.7 Å². The minimum absolute atomic E-state index is 0.0353. The second-order valence-electron chi connectivity index (χ2n) is 4.71. The van der Waals surface area contributed by atoms with Crippen LogP contribution in [0.5, 0.6) is 0 Å². The average molecular weight is 334 g/mol. The SMILES string of the molecule is O=C(O)c1cc(NC(=O)c2cc(F)cc3[nH]cnc23)ccc1Cl. The van der Waals surface area contributed by atoms with E-state index >= 15 is 0 Å². The molecule has 2 aromatic carbocycles. The van der Waals surface area contributed by atoms with E-state index < -0.39 is 17.7 Å². The molecule has 8 heteroatoms. The molecule has 1 heterocycles. The van der Waals surface area contributed by atoms with Crippen LogP contribution in [0.3, 0.4) is 0 Å². The van der Waals surface area contributed by atoms with Crippen LogP contribution in [0.4, 0.5) is 10.1 Å². The van der Waals surface area contributed by atoms with E-state index in [1.165, 1.54) is 30.6 Å². The Morgan fingerprint density at radius 2 is 2.00 bits per heavy atom. The predicted octanol–water partition coefficient (Wildman–Crippen LogP) is 3.31. The van der Waals surface area contributed by atoms with E-state index in [4.69, 9.17) is 16.7 Å². The molecular weight excluding hydrogens is 325 g/mol. The zero-order chi connectivity index (χ0) is 16.6. The van der Waals surface area contributed by atoms with Gasteiger partial charge in [-0.2, -0.15) is 0 Å². The molecule has 0 unspecified atom stereocenters. The molecule has 0 saturated carbocycles.